The van der Waals surface area contributed by atoms with Crippen molar-refractivity contribution in [2.45, 2.75) is 40.2 Å². The first-order valence-corrected chi connectivity index (χ1v) is 7.24. The van der Waals surface area contributed by atoms with Crippen LogP contribution in [-0.4, -0.2) is 19.8 Å². The molecule has 0 aromatic heterocycles. The molecule has 0 bridgehead atoms. The van der Waals surface area contributed by atoms with Crippen LogP contribution in [0.5, 0.6) is 17.2 Å². The average Bonchev–Trinajstić information content (AvgIpc) is 2.44. The highest BCUT2D eigenvalue weighted by Gasteiger charge is 2.18. The van der Waals surface area contributed by atoms with Crippen LogP contribution < -0.4 is 25.5 Å². The van der Waals surface area contributed by atoms with Gasteiger partial charge in [-0.1, -0.05) is 6.92 Å². The Kier molecular flexibility index (Phi) is 7.18. The van der Waals surface area contributed by atoms with E-state index >= 15 is 0 Å². The first-order valence-electron chi connectivity index (χ1n) is 7.24. The van der Waals surface area contributed by atoms with Gasteiger partial charge in [-0.2, -0.15) is 0 Å². The fourth-order valence-corrected chi connectivity index (χ4v) is 2.06. The van der Waals surface area contributed by atoms with Crippen molar-refractivity contribution < 1.29 is 14.2 Å². The van der Waals surface area contributed by atoms with E-state index in [1.165, 1.54) is 0 Å². The Bertz CT molecular complexity index is 379. The van der Waals surface area contributed by atoms with Gasteiger partial charge >= 0.3 is 0 Å². The Balaban J connectivity index is 3.28. The fourth-order valence-electron chi connectivity index (χ4n) is 2.06. The molecule has 0 amide bonds. The number of ether oxygens (including phenoxy) is 3. The van der Waals surface area contributed by atoms with Crippen LogP contribution in [0, 0.1) is 0 Å². The predicted molar refractivity (Wildman–Crippen MR) is 80.3 cm³/mol. The van der Waals surface area contributed by atoms with E-state index in [0.29, 0.717) is 37.1 Å². The summed E-state index contributed by atoms with van der Waals surface area (Å²) in [6.45, 7) is 9.61. The monoisotopic (exact) mass is 282 g/mol. The minimum Gasteiger partial charge on any atom is -0.490 e. The summed E-state index contributed by atoms with van der Waals surface area (Å²) >= 11 is 0. The minimum absolute atomic E-state index is 0.0593. The lowest BCUT2D eigenvalue weighted by Gasteiger charge is -2.20. The third-order valence-corrected chi connectivity index (χ3v) is 2.94. The summed E-state index contributed by atoms with van der Waals surface area (Å²) in [6, 6.07) is 3.99. The van der Waals surface area contributed by atoms with Gasteiger partial charge in [0.15, 0.2) is 11.5 Å². The smallest absolute Gasteiger partial charge is 0.203 e. The average molecular weight is 282 g/mol. The van der Waals surface area contributed by atoms with Gasteiger partial charge < -0.3 is 14.2 Å². The zero-order chi connectivity index (χ0) is 15.0. The molecule has 0 radical (unpaired) electrons. The molecule has 5 nitrogen and oxygen atoms in total. The summed E-state index contributed by atoms with van der Waals surface area (Å²) in [5, 5.41) is 0. The molecule has 0 fully saturated rings. The minimum atomic E-state index is 0.0593. The lowest BCUT2D eigenvalue weighted by atomic mass is 10.0. The van der Waals surface area contributed by atoms with E-state index in [9.17, 15) is 0 Å². The van der Waals surface area contributed by atoms with Crippen LogP contribution in [-0.2, 0) is 0 Å². The first-order chi connectivity index (χ1) is 9.71. The molecule has 0 spiro atoms. The van der Waals surface area contributed by atoms with E-state index in [0.717, 1.165) is 12.0 Å². The number of rotatable bonds is 9. The van der Waals surface area contributed by atoms with Gasteiger partial charge in [-0.25, -0.2) is 0 Å². The van der Waals surface area contributed by atoms with Gasteiger partial charge in [-0.15, -0.1) is 0 Å². The molecule has 0 heterocycles. The molecule has 3 N–H and O–H groups in total. The number of nitrogens with one attached hydrogen (secondary N) is 1. The maximum atomic E-state index is 5.68. The summed E-state index contributed by atoms with van der Waals surface area (Å²) in [5.74, 6) is 7.65. The van der Waals surface area contributed by atoms with E-state index in [-0.39, 0.29) is 6.04 Å². The molecule has 0 aliphatic carbocycles. The van der Waals surface area contributed by atoms with E-state index in [4.69, 9.17) is 20.1 Å². The molecule has 0 saturated heterocycles. The summed E-state index contributed by atoms with van der Waals surface area (Å²) < 4.78 is 17.0. The highest BCUT2D eigenvalue weighted by atomic mass is 16.5. The third kappa shape index (κ3) is 4.02. The molecular formula is C15H26N2O3. The summed E-state index contributed by atoms with van der Waals surface area (Å²) in [4.78, 5) is 0. The number of hydrazine groups is 1. The topological polar surface area (TPSA) is 65.7 Å². The molecule has 5 heteroatoms. The lowest BCUT2D eigenvalue weighted by molar-refractivity contribution is 0.260. The SMILES string of the molecule is CCOc1cc(C(CC)NN)cc(OCC)c1OCC. The third-order valence-electron chi connectivity index (χ3n) is 2.94. The maximum Gasteiger partial charge on any atom is 0.203 e. The molecule has 1 rings (SSSR count). The Labute approximate surface area is 121 Å². The van der Waals surface area contributed by atoms with Crippen molar-refractivity contribution in [2.75, 3.05) is 19.8 Å². The van der Waals surface area contributed by atoms with Gasteiger partial charge in [0.2, 0.25) is 5.75 Å². The van der Waals surface area contributed by atoms with Crippen LogP contribution in [0.3, 0.4) is 0 Å². The number of hydrogen-bond acceptors (Lipinski definition) is 5. The fraction of sp³-hybridized carbons (Fsp3) is 0.600. The van der Waals surface area contributed by atoms with Crippen LogP contribution in [0.2, 0.25) is 0 Å². The molecule has 1 unspecified atom stereocenters. The molecule has 0 aliphatic rings. The van der Waals surface area contributed by atoms with Crippen LogP contribution in [0.25, 0.3) is 0 Å². The van der Waals surface area contributed by atoms with E-state index in [1.54, 1.807) is 0 Å². The van der Waals surface area contributed by atoms with Gasteiger partial charge in [0.05, 0.1) is 19.8 Å². The summed E-state index contributed by atoms with van der Waals surface area (Å²) in [6.07, 6.45) is 0.877. The zero-order valence-corrected chi connectivity index (χ0v) is 12.9. The molecule has 0 aliphatic heterocycles. The van der Waals surface area contributed by atoms with Crippen LogP contribution in [0.4, 0.5) is 0 Å². The highest BCUT2D eigenvalue weighted by molar-refractivity contribution is 5.54. The number of benzene rings is 1. The highest BCUT2D eigenvalue weighted by Crippen LogP contribution is 2.40. The van der Waals surface area contributed by atoms with E-state index in [2.05, 4.69) is 12.3 Å². The van der Waals surface area contributed by atoms with Crippen molar-refractivity contribution in [2.24, 2.45) is 5.84 Å². The van der Waals surface area contributed by atoms with Crippen molar-refractivity contribution in [1.29, 1.82) is 0 Å². The Hall–Kier alpha value is -1.46. The van der Waals surface area contributed by atoms with Crippen molar-refractivity contribution in [3.05, 3.63) is 17.7 Å². The van der Waals surface area contributed by atoms with Gasteiger partial charge in [0.25, 0.3) is 0 Å². The van der Waals surface area contributed by atoms with Crippen LogP contribution in [0.15, 0.2) is 12.1 Å². The van der Waals surface area contributed by atoms with E-state index in [1.807, 2.05) is 32.9 Å². The van der Waals surface area contributed by atoms with Crippen molar-refractivity contribution in [3.63, 3.8) is 0 Å². The molecule has 114 valence electrons. The predicted octanol–water partition coefficient (Wildman–Crippen LogP) is 2.80. The standard InChI is InChI=1S/C15H26N2O3/c1-5-12(17-16)11-9-13(18-6-2)15(20-8-4)14(10-11)19-7-3/h9-10,12,17H,5-8,16H2,1-4H3. The van der Waals surface area contributed by atoms with Crippen molar-refractivity contribution >= 4 is 0 Å². The van der Waals surface area contributed by atoms with Crippen molar-refractivity contribution in [3.8, 4) is 17.2 Å². The number of hydrogen-bond donors (Lipinski definition) is 2. The van der Waals surface area contributed by atoms with E-state index < -0.39 is 0 Å². The molecule has 20 heavy (non-hydrogen) atoms. The second kappa shape index (κ2) is 8.66. The van der Waals surface area contributed by atoms with Gasteiger partial charge in [-0.05, 0) is 44.9 Å². The Morgan fingerprint density at radius 3 is 1.80 bits per heavy atom. The second-order valence-corrected chi connectivity index (χ2v) is 4.27. The van der Waals surface area contributed by atoms with Crippen LogP contribution in [0.1, 0.15) is 45.7 Å². The maximum absolute atomic E-state index is 5.68. The quantitative estimate of drug-likeness (QED) is 0.538. The Morgan fingerprint density at radius 1 is 0.950 bits per heavy atom. The molecule has 0 saturated carbocycles. The van der Waals surface area contributed by atoms with Gasteiger partial charge in [0, 0.05) is 6.04 Å². The summed E-state index contributed by atoms with van der Waals surface area (Å²) in [5.41, 5.74) is 3.84. The Morgan fingerprint density at radius 2 is 1.45 bits per heavy atom. The zero-order valence-electron chi connectivity index (χ0n) is 12.9. The van der Waals surface area contributed by atoms with Gasteiger partial charge in [-0.3, -0.25) is 11.3 Å². The molecule has 1 aromatic rings. The van der Waals surface area contributed by atoms with Crippen LogP contribution >= 0.6 is 0 Å². The lowest BCUT2D eigenvalue weighted by Crippen LogP contribution is -2.27. The largest absolute Gasteiger partial charge is 0.490 e. The molecular weight excluding hydrogens is 256 g/mol. The number of nitrogens with two attached hydrogens (primary N) is 1. The second-order valence-electron chi connectivity index (χ2n) is 4.27. The summed E-state index contributed by atoms with van der Waals surface area (Å²) in [7, 11) is 0. The van der Waals surface area contributed by atoms with Crippen molar-refractivity contribution in [1.82, 2.24) is 5.43 Å². The molecule has 1 aromatic carbocycles. The first kappa shape index (κ1) is 16.6. The normalized spacial score (nSPS) is 12.1. The molecule has 1 atom stereocenters. The van der Waals surface area contributed by atoms with Gasteiger partial charge in [0.1, 0.15) is 0 Å².